The number of hydrogen-bond acceptors (Lipinski definition) is 3. The van der Waals surface area contributed by atoms with Crippen LogP contribution in [-0.4, -0.2) is 24.5 Å². The molecule has 3 nitrogen and oxygen atoms in total. The van der Waals surface area contributed by atoms with E-state index >= 15 is 0 Å². The van der Waals surface area contributed by atoms with E-state index in [2.05, 4.69) is 26.0 Å². The van der Waals surface area contributed by atoms with Gasteiger partial charge in [-0.25, -0.2) is 8.78 Å². The van der Waals surface area contributed by atoms with Crippen molar-refractivity contribution in [2.24, 2.45) is 0 Å². The molecule has 1 N–H and O–H groups in total. The van der Waals surface area contributed by atoms with Crippen LogP contribution in [0.15, 0.2) is 18.2 Å². The van der Waals surface area contributed by atoms with Crippen LogP contribution >= 0.6 is 15.9 Å². The Kier molecular flexibility index (Phi) is 4.67. The van der Waals surface area contributed by atoms with Gasteiger partial charge in [-0.3, -0.25) is 4.79 Å². The Morgan fingerprint density at radius 3 is 2.56 bits per heavy atom. The number of methoxy groups -OCH3 is 1. The molecule has 1 unspecified atom stereocenters. The van der Waals surface area contributed by atoms with Crippen LogP contribution in [0.2, 0.25) is 0 Å². The van der Waals surface area contributed by atoms with Crippen molar-refractivity contribution in [3.63, 3.8) is 0 Å². The topological polar surface area (TPSA) is 38.3 Å². The third kappa shape index (κ3) is 3.16. The summed E-state index contributed by atoms with van der Waals surface area (Å²) in [4.78, 5) is 10.4. The predicted octanol–water partition coefficient (Wildman–Crippen LogP) is 2.31. The number of ether oxygens (including phenoxy) is 1. The Balaban J connectivity index is 2.64. The Morgan fingerprint density at radius 1 is 1.50 bits per heavy atom. The largest absolute Gasteiger partial charge is 0.468 e. The number of carbonyl (C=O) groups is 1. The minimum Gasteiger partial charge on any atom is -0.468 e. The normalized spacial score (nSPS) is 12.0. The van der Waals surface area contributed by atoms with Crippen LogP contribution in [0.5, 0.6) is 0 Å². The second-order valence-electron chi connectivity index (χ2n) is 2.97. The van der Waals surface area contributed by atoms with Gasteiger partial charge in [0.05, 0.1) is 7.11 Å². The maximum Gasteiger partial charge on any atom is 0.321 e. The number of para-hydroxylation sites is 1. The maximum atomic E-state index is 13.1. The van der Waals surface area contributed by atoms with Gasteiger partial charge in [0.25, 0.3) is 0 Å². The Labute approximate surface area is 99.9 Å². The summed E-state index contributed by atoms with van der Waals surface area (Å²) in [5, 5.41) is 2.50. The molecule has 0 heterocycles. The predicted molar refractivity (Wildman–Crippen MR) is 59.6 cm³/mol. The van der Waals surface area contributed by atoms with Crippen LogP contribution in [0.4, 0.5) is 14.5 Å². The summed E-state index contributed by atoms with van der Waals surface area (Å²) >= 11 is 3.03. The highest BCUT2D eigenvalue weighted by molar-refractivity contribution is 9.10. The van der Waals surface area contributed by atoms with Crippen molar-refractivity contribution < 1.29 is 18.3 Å². The molecule has 1 rings (SSSR count). The number of anilines is 1. The zero-order valence-corrected chi connectivity index (χ0v) is 10.1. The molecule has 1 aromatic rings. The molecule has 16 heavy (non-hydrogen) atoms. The molecule has 0 amide bonds. The van der Waals surface area contributed by atoms with Crippen LogP contribution in [0.3, 0.4) is 0 Å². The van der Waals surface area contributed by atoms with Crippen molar-refractivity contribution in [1.82, 2.24) is 0 Å². The van der Waals surface area contributed by atoms with Crippen molar-refractivity contribution in [3.05, 3.63) is 29.8 Å². The Hall–Kier alpha value is -1.17. The van der Waals surface area contributed by atoms with Gasteiger partial charge in [0, 0.05) is 6.54 Å². The first kappa shape index (κ1) is 12.9. The number of carbonyl (C=O) groups excluding carboxylic acids is 1. The fourth-order valence-electron chi connectivity index (χ4n) is 1.07. The molecule has 0 aliphatic carbocycles. The maximum absolute atomic E-state index is 13.1. The van der Waals surface area contributed by atoms with E-state index in [0.29, 0.717) is 0 Å². The number of halogens is 3. The van der Waals surface area contributed by atoms with Gasteiger partial charge in [0.2, 0.25) is 0 Å². The van der Waals surface area contributed by atoms with Gasteiger partial charge in [-0.05, 0) is 12.1 Å². The van der Waals surface area contributed by atoms with E-state index in [1.807, 2.05) is 0 Å². The molecule has 6 heteroatoms. The third-order valence-electron chi connectivity index (χ3n) is 1.88. The zero-order chi connectivity index (χ0) is 12.1. The van der Waals surface area contributed by atoms with Gasteiger partial charge in [0.15, 0.2) is 0 Å². The minimum absolute atomic E-state index is 0.0323. The first-order valence-electron chi connectivity index (χ1n) is 4.46. The van der Waals surface area contributed by atoms with E-state index in [0.717, 1.165) is 12.1 Å². The molecule has 0 fully saturated rings. The number of esters is 1. The average Bonchev–Trinajstić information content (AvgIpc) is 2.27. The number of hydrogen-bond donors (Lipinski definition) is 1. The highest BCUT2D eigenvalue weighted by Crippen LogP contribution is 2.18. The number of benzene rings is 1. The summed E-state index contributed by atoms with van der Waals surface area (Å²) in [6.45, 7) is 0.0323. The lowest BCUT2D eigenvalue weighted by Crippen LogP contribution is -2.24. The number of rotatable bonds is 4. The van der Waals surface area contributed by atoms with Gasteiger partial charge in [-0.1, -0.05) is 22.0 Å². The highest BCUT2D eigenvalue weighted by Gasteiger charge is 2.16. The molecule has 0 aromatic heterocycles. The van der Waals surface area contributed by atoms with Crippen LogP contribution in [0, 0.1) is 11.6 Å². The third-order valence-corrected chi connectivity index (χ3v) is 2.58. The Bertz CT molecular complexity index is 367. The van der Waals surface area contributed by atoms with Crippen LogP contribution < -0.4 is 5.32 Å². The molecule has 88 valence electrons. The van der Waals surface area contributed by atoms with Gasteiger partial charge in [-0.15, -0.1) is 0 Å². The summed E-state index contributed by atoms with van der Waals surface area (Å²) in [6.07, 6.45) is 0. The molecular formula is C10H10BrF2NO2. The number of alkyl halides is 1. The summed E-state index contributed by atoms with van der Waals surface area (Å²) in [5.41, 5.74) is -0.254. The van der Waals surface area contributed by atoms with E-state index in [1.165, 1.54) is 13.2 Å². The molecule has 1 aromatic carbocycles. The first-order chi connectivity index (χ1) is 7.56. The molecule has 0 spiro atoms. The van der Waals surface area contributed by atoms with Crippen LogP contribution in [0.25, 0.3) is 0 Å². The molecule has 1 atom stereocenters. The zero-order valence-electron chi connectivity index (χ0n) is 8.47. The number of nitrogens with one attached hydrogen (secondary N) is 1. The molecule has 0 saturated heterocycles. The molecule has 0 aliphatic rings. The van der Waals surface area contributed by atoms with E-state index < -0.39 is 22.4 Å². The smallest absolute Gasteiger partial charge is 0.321 e. The molecule has 0 radical (unpaired) electrons. The fraction of sp³-hybridized carbons (Fsp3) is 0.300. The molecule has 0 aliphatic heterocycles. The summed E-state index contributed by atoms with van der Waals surface area (Å²) in [6, 6.07) is 3.53. The fourth-order valence-corrected chi connectivity index (χ4v) is 1.42. The summed E-state index contributed by atoms with van der Waals surface area (Å²) in [7, 11) is 1.24. The average molecular weight is 294 g/mol. The van der Waals surface area contributed by atoms with Crippen molar-refractivity contribution in [3.8, 4) is 0 Å². The van der Waals surface area contributed by atoms with Gasteiger partial charge in [0.1, 0.15) is 22.1 Å². The summed E-state index contributed by atoms with van der Waals surface area (Å²) in [5.74, 6) is -1.92. The van der Waals surface area contributed by atoms with Crippen molar-refractivity contribution in [1.29, 1.82) is 0 Å². The van der Waals surface area contributed by atoms with Crippen molar-refractivity contribution in [2.75, 3.05) is 19.0 Å². The lowest BCUT2D eigenvalue weighted by atomic mass is 10.3. The van der Waals surface area contributed by atoms with Gasteiger partial charge in [-0.2, -0.15) is 0 Å². The quantitative estimate of drug-likeness (QED) is 0.684. The Morgan fingerprint density at radius 2 is 2.06 bits per heavy atom. The highest BCUT2D eigenvalue weighted by atomic mass is 79.9. The lowest BCUT2D eigenvalue weighted by Gasteiger charge is -2.11. The SMILES string of the molecule is COC(=O)C(Br)CNc1c(F)cccc1F. The lowest BCUT2D eigenvalue weighted by molar-refractivity contribution is -0.139. The van der Waals surface area contributed by atoms with Crippen LogP contribution in [0.1, 0.15) is 0 Å². The molecule has 0 saturated carbocycles. The van der Waals surface area contributed by atoms with Gasteiger partial charge >= 0.3 is 5.97 Å². The van der Waals surface area contributed by atoms with Crippen molar-refractivity contribution >= 4 is 27.6 Å². The molecule has 0 bridgehead atoms. The van der Waals surface area contributed by atoms with E-state index in [-0.39, 0.29) is 12.2 Å². The van der Waals surface area contributed by atoms with Crippen molar-refractivity contribution in [2.45, 2.75) is 4.83 Å². The standard InChI is InChI=1S/C10H10BrF2NO2/c1-16-10(15)6(11)5-14-9-7(12)3-2-4-8(9)13/h2-4,6,14H,5H2,1H3. The van der Waals surface area contributed by atoms with E-state index in [4.69, 9.17) is 0 Å². The minimum atomic E-state index is -0.704. The van der Waals surface area contributed by atoms with E-state index in [9.17, 15) is 13.6 Å². The van der Waals surface area contributed by atoms with Gasteiger partial charge < -0.3 is 10.1 Å². The first-order valence-corrected chi connectivity index (χ1v) is 5.37. The second-order valence-corrected chi connectivity index (χ2v) is 4.07. The monoisotopic (exact) mass is 293 g/mol. The van der Waals surface area contributed by atoms with E-state index in [1.54, 1.807) is 0 Å². The van der Waals surface area contributed by atoms with Crippen LogP contribution in [-0.2, 0) is 9.53 Å². The second kappa shape index (κ2) is 5.79. The molecular weight excluding hydrogens is 284 g/mol. The summed E-state index contributed by atoms with van der Waals surface area (Å²) < 4.78 is 30.7.